The number of aliphatic hydroxyl groups is 1. The predicted molar refractivity (Wildman–Crippen MR) is 102 cm³/mol. The third-order valence-electron chi connectivity index (χ3n) is 5.38. The number of hydrogen-bond donors (Lipinski definition) is 1. The van der Waals surface area contributed by atoms with E-state index >= 15 is 0 Å². The van der Waals surface area contributed by atoms with Crippen molar-refractivity contribution in [2.24, 2.45) is 0 Å². The van der Waals surface area contributed by atoms with Crippen LogP contribution < -0.4 is 0 Å². The molecule has 2 aromatic carbocycles. The SMILES string of the molecule is C=C(C)c1ccc2ccc(C3(OCC(O)(CF)CF)CCCC3)cc2c1. The standard InChI is InChI=1S/C22H26F2O2/c1-16(2)18-6-5-17-7-8-20(12-19(17)11-18)22(9-3-4-10-22)26-15-21(25,13-23)14-24/h5-8,11-12,25H,1,3-4,9-10,13-15H2,2H3. The van der Waals surface area contributed by atoms with Gasteiger partial charge in [-0.25, -0.2) is 8.78 Å². The normalized spacial score (nSPS) is 16.9. The summed E-state index contributed by atoms with van der Waals surface area (Å²) in [6.07, 6.45) is 3.56. The zero-order valence-corrected chi connectivity index (χ0v) is 15.2. The van der Waals surface area contributed by atoms with Crippen LogP contribution in [0.25, 0.3) is 16.3 Å². The number of alkyl halides is 2. The molecule has 0 spiro atoms. The van der Waals surface area contributed by atoms with Crippen LogP contribution in [-0.2, 0) is 10.3 Å². The summed E-state index contributed by atoms with van der Waals surface area (Å²) >= 11 is 0. The van der Waals surface area contributed by atoms with Crippen LogP contribution in [-0.4, -0.2) is 30.7 Å². The first kappa shape index (κ1) is 19.0. The van der Waals surface area contributed by atoms with Gasteiger partial charge in [-0.1, -0.05) is 49.3 Å². The maximum absolute atomic E-state index is 13.0. The minimum Gasteiger partial charge on any atom is -0.382 e. The number of hydrogen-bond acceptors (Lipinski definition) is 2. The lowest BCUT2D eigenvalue weighted by Gasteiger charge is -2.34. The van der Waals surface area contributed by atoms with Crippen molar-refractivity contribution in [3.05, 3.63) is 54.1 Å². The molecule has 2 nitrogen and oxygen atoms in total. The van der Waals surface area contributed by atoms with Gasteiger partial charge in [0.05, 0.1) is 12.2 Å². The van der Waals surface area contributed by atoms with Gasteiger partial charge in [-0.3, -0.25) is 0 Å². The summed E-state index contributed by atoms with van der Waals surface area (Å²) in [7, 11) is 0. The van der Waals surface area contributed by atoms with Gasteiger partial charge in [-0.05, 0) is 53.8 Å². The Kier molecular flexibility index (Phi) is 5.44. The van der Waals surface area contributed by atoms with Crippen LogP contribution in [0.2, 0.25) is 0 Å². The quantitative estimate of drug-likeness (QED) is 0.723. The molecule has 3 rings (SSSR count). The maximum atomic E-state index is 13.0. The Bertz CT molecular complexity index is 790. The second-order valence-electron chi connectivity index (χ2n) is 7.54. The van der Waals surface area contributed by atoms with Crippen molar-refractivity contribution in [3.8, 4) is 0 Å². The first-order chi connectivity index (χ1) is 12.4. The first-order valence-corrected chi connectivity index (χ1v) is 9.10. The van der Waals surface area contributed by atoms with Gasteiger partial charge in [-0.15, -0.1) is 0 Å². The lowest BCUT2D eigenvalue weighted by Crippen LogP contribution is -2.43. The topological polar surface area (TPSA) is 29.5 Å². The molecule has 0 atom stereocenters. The summed E-state index contributed by atoms with van der Waals surface area (Å²) in [6, 6.07) is 12.4. The molecule has 0 radical (unpaired) electrons. The van der Waals surface area contributed by atoms with Crippen LogP contribution in [0.5, 0.6) is 0 Å². The first-order valence-electron chi connectivity index (χ1n) is 9.10. The zero-order chi connectivity index (χ0) is 18.8. The van der Waals surface area contributed by atoms with Gasteiger partial charge in [0.1, 0.15) is 19.0 Å². The Hall–Kier alpha value is -1.78. The van der Waals surface area contributed by atoms with Gasteiger partial charge in [0.25, 0.3) is 0 Å². The number of fused-ring (bicyclic) bond motifs is 1. The van der Waals surface area contributed by atoms with Crippen LogP contribution in [0.3, 0.4) is 0 Å². The van der Waals surface area contributed by atoms with E-state index in [0.29, 0.717) is 0 Å². The van der Waals surface area contributed by atoms with E-state index in [1.807, 2.05) is 19.1 Å². The molecule has 4 heteroatoms. The molecule has 0 amide bonds. The fraction of sp³-hybridized carbons (Fsp3) is 0.455. The van der Waals surface area contributed by atoms with Crippen molar-refractivity contribution in [3.63, 3.8) is 0 Å². The molecule has 1 fully saturated rings. The van der Waals surface area contributed by atoms with Crippen molar-refractivity contribution < 1.29 is 18.6 Å². The highest BCUT2D eigenvalue weighted by Gasteiger charge is 2.40. The van der Waals surface area contributed by atoms with Crippen LogP contribution in [0.4, 0.5) is 8.78 Å². The highest BCUT2D eigenvalue weighted by molar-refractivity contribution is 5.86. The highest BCUT2D eigenvalue weighted by Crippen LogP contribution is 2.43. The largest absolute Gasteiger partial charge is 0.382 e. The van der Waals surface area contributed by atoms with Crippen molar-refractivity contribution >= 4 is 16.3 Å². The molecule has 1 aliphatic carbocycles. The van der Waals surface area contributed by atoms with E-state index in [4.69, 9.17) is 4.74 Å². The van der Waals surface area contributed by atoms with Crippen LogP contribution in [0.1, 0.15) is 43.7 Å². The predicted octanol–water partition coefficient (Wildman–Crippen LogP) is 5.33. The van der Waals surface area contributed by atoms with E-state index < -0.39 is 24.6 Å². The second kappa shape index (κ2) is 7.45. The van der Waals surface area contributed by atoms with Crippen molar-refractivity contribution in [2.75, 3.05) is 20.0 Å². The average Bonchev–Trinajstić information content (AvgIpc) is 3.15. The third-order valence-corrected chi connectivity index (χ3v) is 5.38. The van der Waals surface area contributed by atoms with Gasteiger partial charge in [0.2, 0.25) is 0 Å². The Morgan fingerprint density at radius 3 is 2.38 bits per heavy atom. The van der Waals surface area contributed by atoms with Crippen molar-refractivity contribution in [1.82, 2.24) is 0 Å². The lowest BCUT2D eigenvalue weighted by molar-refractivity contribution is -0.134. The van der Waals surface area contributed by atoms with Crippen LogP contribution in [0.15, 0.2) is 43.0 Å². The molecule has 0 bridgehead atoms. The monoisotopic (exact) mass is 360 g/mol. The molecule has 26 heavy (non-hydrogen) atoms. The molecule has 2 aromatic rings. The van der Waals surface area contributed by atoms with E-state index in [2.05, 4.69) is 30.8 Å². The summed E-state index contributed by atoms with van der Waals surface area (Å²) < 4.78 is 32.0. The van der Waals surface area contributed by atoms with E-state index in [-0.39, 0.29) is 6.61 Å². The lowest BCUT2D eigenvalue weighted by atomic mass is 9.89. The molecule has 0 aromatic heterocycles. The zero-order valence-electron chi connectivity index (χ0n) is 15.2. The minimum atomic E-state index is -2.06. The molecule has 1 saturated carbocycles. The van der Waals surface area contributed by atoms with Crippen LogP contribution >= 0.6 is 0 Å². The Balaban J connectivity index is 1.95. The Morgan fingerprint density at radius 1 is 1.12 bits per heavy atom. The summed E-state index contributed by atoms with van der Waals surface area (Å²) in [4.78, 5) is 0. The molecule has 0 unspecified atom stereocenters. The molecular formula is C22H26F2O2. The highest BCUT2D eigenvalue weighted by atomic mass is 19.1. The van der Waals surface area contributed by atoms with Crippen molar-refractivity contribution in [1.29, 1.82) is 0 Å². The van der Waals surface area contributed by atoms with Crippen LogP contribution in [0, 0.1) is 0 Å². The second-order valence-corrected chi connectivity index (χ2v) is 7.54. The van der Waals surface area contributed by atoms with E-state index in [9.17, 15) is 13.9 Å². The maximum Gasteiger partial charge on any atom is 0.144 e. The summed E-state index contributed by atoms with van der Waals surface area (Å²) in [5.74, 6) is 0. The van der Waals surface area contributed by atoms with Gasteiger partial charge in [0, 0.05) is 0 Å². The molecule has 140 valence electrons. The number of rotatable bonds is 7. The number of benzene rings is 2. The molecule has 1 aliphatic rings. The molecule has 0 aliphatic heterocycles. The molecule has 0 heterocycles. The fourth-order valence-electron chi connectivity index (χ4n) is 3.64. The Morgan fingerprint density at radius 2 is 1.77 bits per heavy atom. The van der Waals surface area contributed by atoms with Gasteiger partial charge >= 0.3 is 0 Å². The third kappa shape index (κ3) is 3.67. The molecule has 1 N–H and O–H groups in total. The molecule has 0 saturated heterocycles. The van der Waals surface area contributed by atoms with Gasteiger partial charge in [0.15, 0.2) is 0 Å². The van der Waals surface area contributed by atoms with Crippen molar-refractivity contribution in [2.45, 2.75) is 43.8 Å². The molecular weight excluding hydrogens is 334 g/mol. The number of allylic oxidation sites excluding steroid dienone is 1. The van der Waals surface area contributed by atoms with E-state index in [1.165, 1.54) is 0 Å². The number of ether oxygens (including phenoxy) is 1. The van der Waals surface area contributed by atoms with E-state index in [0.717, 1.165) is 53.2 Å². The smallest absolute Gasteiger partial charge is 0.144 e. The minimum absolute atomic E-state index is 0.343. The average molecular weight is 360 g/mol. The number of halogens is 2. The Labute approximate surface area is 153 Å². The summed E-state index contributed by atoms with van der Waals surface area (Å²) in [5.41, 5.74) is 0.437. The van der Waals surface area contributed by atoms with Gasteiger partial charge < -0.3 is 9.84 Å². The summed E-state index contributed by atoms with van der Waals surface area (Å²) in [6.45, 7) is 3.32. The van der Waals surface area contributed by atoms with E-state index in [1.54, 1.807) is 0 Å². The van der Waals surface area contributed by atoms with Gasteiger partial charge in [-0.2, -0.15) is 0 Å². The fourth-order valence-corrected chi connectivity index (χ4v) is 3.64. The summed E-state index contributed by atoms with van der Waals surface area (Å²) in [5, 5.41) is 12.1.